The van der Waals surface area contributed by atoms with Crippen molar-refractivity contribution in [2.45, 2.75) is 44.3 Å². The van der Waals surface area contributed by atoms with Crippen LogP contribution < -0.4 is 0 Å². The van der Waals surface area contributed by atoms with Crippen molar-refractivity contribution in [2.24, 2.45) is 22.7 Å². The first-order valence-corrected chi connectivity index (χ1v) is 7.96. The third-order valence-corrected chi connectivity index (χ3v) is 5.65. The zero-order valence-electron chi connectivity index (χ0n) is 11.6. The molecule has 0 N–H and O–H groups in total. The Morgan fingerprint density at radius 3 is 2.45 bits per heavy atom. The molecule has 2 saturated carbocycles. The molecule has 0 spiro atoms. The molecule has 3 heterocycles. The molecule has 20 heavy (non-hydrogen) atoms. The Morgan fingerprint density at radius 2 is 1.70 bits per heavy atom. The molecule has 3 atom stereocenters. The summed E-state index contributed by atoms with van der Waals surface area (Å²) in [4.78, 5) is 11.2. The summed E-state index contributed by atoms with van der Waals surface area (Å²) in [5.41, 5.74) is 1.11. The third kappa shape index (κ3) is 1.59. The van der Waals surface area contributed by atoms with Crippen LogP contribution in [0.25, 0.3) is 0 Å². The molecular formula is C17H20N2O. The normalized spacial score (nSPS) is 42.0. The molecular weight excluding hydrogens is 248 g/mol. The second kappa shape index (κ2) is 4.08. The van der Waals surface area contributed by atoms with E-state index in [4.69, 9.17) is 9.83 Å². The molecule has 4 fully saturated rings. The van der Waals surface area contributed by atoms with Crippen LogP contribution in [-0.2, 0) is 4.84 Å². The van der Waals surface area contributed by atoms with Crippen molar-refractivity contribution in [3.63, 3.8) is 0 Å². The molecule has 5 aliphatic rings. The van der Waals surface area contributed by atoms with E-state index in [0.717, 1.165) is 23.3 Å². The number of benzene rings is 1. The molecule has 3 nitrogen and oxygen atoms in total. The number of hydrogen-bond acceptors (Lipinski definition) is 3. The van der Waals surface area contributed by atoms with Crippen LogP contribution in [0.5, 0.6) is 0 Å². The fraction of sp³-hybridized carbons (Fsp3) is 0.588. The zero-order chi connectivity index (χ0) is 13.1. The molecule has 1 aromatic rings. The summed E-state index contributed by atoms with van der Waals surface area (Å²) in [6.45, 7) is 0. The Bertz CT molecular complexity index is 541. The first kappa shape index (κ1) is 11.3. The summed E-state index contributed by atoms with van der Waals surface area (Å²) >= 11 is 0. The number of nitrogens with zero attached hydrogens (tertiary/aromatic N) is 2. The van der Waals surface area contributed by atoms with E-state index in [9.17, 15) is 0 Å². The van der Waals surface area contributed by atoms with Gasteiger partial charge in [-0.2, -0.15) is 0 Å². The summed E-state index contributed by atoms with van der Waals surface area (Å²) < 4.78 is 0. The van der Waals surface area contributed by atoms with Crippen LogP contribution in [0.2, 0.25) is 0 Å². The lowest BCUT2D eigenvalue weighted by atomic mass is 9.68. The summed E-state index contributed by atoms with van der Waals surface area (Å²) in [7, 11) is 0. The summed E-state index contributed by atoms with van der Waals surface area (Å²) in [5.74, 6) is 3.42. The SMILES string of the molecule is c1ccc(C2=NC3C4CC5CC(C4)CC(C5)N3O2)cc1. The van der Waals surface area contributed by atoms with Gasteiger partial charge in [0.05, 0.1) is 0 Å². The van der Waals surface area contributed by atoms with E-state index >= 15 is 0 Å². The molecule has 3 unspecified atom stereocenters. The van der Waals surface area contributed by atoms with Crippen LogP contribution in [0.4, 0.5) is 0 Å². The van der Waals surface area contributed by atoms with Gasteiger partial charge in [0, 0.05) is 11.6 Å². The lowest BCUT2D eigenvalue weighted by Gasteiger charge is -2.38. The van der Waals surface area contributed by atoms with Gasteiger partial charge in [-0.05, 0) is 62.0 Å². The first-order chi connectivity index (χ1) is 9.87. The summed E-state index contributed by atoms with van der Waals surface area (Å²) in [5, 5.41) is 2.26. The van der Waals surface area contributed by atoms with Crippen molar-refractivity contribution in [2.75, 3.05) is 0 Å². The number of aliphatic imine (C=N–C) groups is 1. The Morgan fingerprint density at radius 1 is 0.950 bits per heavy atom. The maximum absolute atomic E-state index is 6.20. The molecule has 2 saturated heterocycles. The summed E-state index contributed by atoms with van der Waals surface area (Å²) in [6, 6.07) is 10.9. The largest absolute Gasteiger partial charge is 0.383 e. The second-order valence-electron chi connectivity index (χ2n) is 6.99. The Hall–Kier alpha value is -1.35. The van der Waals surface area contributed by atoms with Crippen molar-refractivity contribution in [3.05, 3.63) is 35.9 Å². The van der Waals surface area contributed by atoms with Gasteiger partial charge in [-0.25, -0.2) is 4.99 Å². The number of hydroxylamine groups is 2. The maximum Gasteiger partial charge on any atom is 0.242 e. The van der Waals surface area contributed by atoms with E-state index in [1.807, 2.05) is 6.07 Å². The first-order valence-electron chi connectivity index (χ1n) is 7.96. The van der Waals surface area contributed by atoms with Gasteiger partial charge in [-0.1, -0.05) is 18.2 Å². The van der Waals surface area contributed by atoms with E-state index < -0.39 is 0 Å². The molecule has 3 aliphatic heterocycles. The Labute approximate surface area is 119 Å². The van der Waals surface area contributed by atoms with Crippen molar-refractivity contribution in [1.82, 2.24) is 5.06 Å². The molecule has 1 aromatic carbocycles. The quantitative estimate of drug-likeness (QED) is 0.781. The van der Waals surface area contributed by atoms with Crippen LogP contribution in [0, 0.1) is 17.8 Å². The van der Waals surface area contributed by atoms with Gasteiger partial charge in [-0.15, -0.1) is 5.06 Å². The Kier molecular flexibility index (Phi) is 2.31. The molecule has 104 valence electrons. The monoisotopic (exact) mass is 268 g/mol. The molecule has 0 radical (unpaired) electrons. The molecule has 0 amide bonds. The highest BCUT2D eigenvalue weighted by molar-refractivity contribution is 5.94. The fourth-order valence-electron chi connectivity index (χ4n) is 4.98. The van der Waals surface area contributed by atoms with E-state index in [2.05, 4.69) is 29.3 Å². The van der Waals surface area contributed by atoms with Crippen molar-refractivity contribution < 1.29 is 4.84 Å². The Balaban J connectivity index is 1.52. The van der Waals surface area contributed by atoms with Gasteiger partial charge < -0.3 is 4.84 Å². The van der Waals surface area contributed by atoms with Gasteiger partial charge in [0.15, 0.2) is 0 Å². The highest BCUT2D eigenvalue weighted by Crippen LogP contribution is 2.51. The zero-order valence-corrected chi connectivity index (χ0v) is 11.6. The van der Waals surface area contributed by atoms with Crippen LogP contribution in [0.3, 0.4) is 0 Å². The molecule has 3 heteroatoms. The van der Waals surface area contributed by atoms with E-state index in [1.165, 1.54) is 32.1 Å². The van der Waals surface area contributed by atoms with Crippen molar-refractivity contribution in [3.8, 4) is 0 Å². The van der Waals surface area contributed by atoms with Crippen LogP contribution in [0.15, 0.2) is 35.3 Å². The van der Waals surface area contributed by atoms with E-state index in [-0.39, 0.29) is 6.17 Å². The van der Waals surface area contributed by atoms with Gasteiger partial charge in [0.2, 0.25) is 5.90 Å². The van der Waals surface area contributed by atoms with Gasteiger partial charge in [0.1, 0.15) is 6.17 Å². The third-order valence-electron chi connectivity index (χ3n) is 5.65. The number of hydrogen-bond donors (Lipinski definition) is 0. The standard InChI is InChI=1S/C17H20N2O/c1-2-4-13(5-3-1)17-18-16-14-7-11-6-12(8-14)10-15(9-11)19(16)20-17/h1-5,11-12,14-16H,6-10H2. The predicted octanol–water partition coefficient (Wildman–Crippen LogP) is 3.22. The van der Waals surface area contributed by atoms with Crippen molar-refractivity contribution >= 4 is 5.90 Å². The van der Waals surface area contributed by atoms with Crippen LogP contribution in [0.1, 0.15) is 37.7 Å². The predicted molar refractivity (Wildman–Crippen MR) is 77.0 cm³/mol. The molecule has 0 aromatic heterocycles. The average Bonchev–Trinajstić information content (AvgIpc) is 2.86. The maximum atomic E-state index is 6.20. The van der Waals surface area contributed by atoms with Gasteiger partial charge in [0.25, 0.3) is 0 Å². The molecule has 2 aliphatic carbocycles. The molecule has 4 bridgehead atoms. The molecule has 6 rings (SSSR count). The van der Waals surface area contributed by atoms with Gasteiger partial charge in [-0.3, -0.25) is 0 Å². The minimum absolute atomic E-state index is 0.283. The fourth-order valence-corrected chi connectivity index (χ4v) is 4.98. The smallest absolute Gasteiger partial charge is 0.242 e. The minimum Gasteiger partial charge on any atom is -0.383 e. The van der Waals surface area contributed by atoms with E-state index in [0.29, 0.717) is 12.0 Å². The second-order valence-corrected chi connectivity index (χ2v) is 6.99. The average molecular weight is 268 g/mol. The lowest BCUT2D eigenvalue weighted by molar-refractivity contribution is -0.126. The van der Waals surface area contributed by atoms with Crippen molar-refractivity contribution in [1.29, 1.82) is 0 Å². The van der Waals surface area contributed by atoms with Crippen LogP contribution >= 0.6 is 0 Å². The number of rotatable bonds is 1. The van der Waals surface area contributed by atoms with Gasteiger partial charge >= 0.3 is 0 Å². The minimum atomic E-state index is 0.283. The van der Waals surface area contributed by atoms with Crippen LogP contribution in [-0.4, -0.2) is 23.2 Å². The van der Waals surface area contributed by atoms with E-state index in [1.54, 1.807) is 0 Å². The highest BCUT2D eigenvalue weighted by Gasteiger charge is 2.51. The highest BCUT2D eigenvalue weighted by atomic mass is 16.7. The summed E-state index contributed by atoms with van der Waals surface area (Å²) in [6.07, 6.45) is 7.11. The topological polar surface area (TPSA) is 24.8 Å². The lowest BCUT2D eigenvalue weighted by Crippen LogP contribution is -2.40.